The van der Waals surface area contributed by atoms with Gasteiger partial charge in [-0.2, -0.15) is 0 Å². The van der Waals surface area contributed by atoms with Crippen LogP contribution in [0.5, 0.6) is 0 Å². The molecule has 0 aromatic rings. The van der Waals surface area contributed by atoms with Gasteiger partial charge in [-0.1, -0.05) is 45.6 Å². The van der Waals surface area contributed by atoms with Crippen LogP contribution in [0, 0.1) is 5.92 Å². The van der Waals surface area contributed by atoms with Crippen LogP contribution in [-0.2, 0) is 4.79 Å². The van der Waals surface area contributed by atoms with Gasteiger partial charge in [0.2, 0.25) is 0 Å². The zero-order chi connectivity index (χ0) is 9.23. The fourth-order valence-corrected chi connectivity index (χ4v) is 1.22. The summed E-state index contributed by atoms with van der Waals surface area (Å²) in [6.45, 7) is 4.38. The topological polar surface area (TPSA) is 17.1 Å². The molecule has 1 atom stereocenters. The second kappa shape index (κ2) is 8.51. The van der Waals surface area contributed by atoms with Crippen LogP contribution in [0.4, 0.5) is 0 Å². The van der Waals surface area contributed by atoms with Crippen molar-refractivity contribution in [1.29, 1.82) is 0 Å². The third kappa shape index (κ3) is 7.52. The summed E-state index contributed by atoms with van der Waals surface area (Å²) in [5.74, 6) is 0.562. The lowest BCUT2D eigenvalue weighted by molar-refractivity contribution is -0.104. The minimum Gasteiger partial charge on any atom is -0.299 e. The first-order chi connectivity index (χ1) is 5.81. The molecule has 0 heterocycles. The highest BCUT2D eigenvalue weighted by Crippen LogP contribution is 2.10. The number of carbonyl (C=O) groups is 1. The van der Waals surface area contributed by atoms with Crippen molar-refractivity contribution in [3.05, 3.63) is 12.2 Å². The summed E-state index contributed by atoms with van der Waals surface area (Å²) in [6, 6.07) is 0. The highest BCUT2D eigenvalue weighted by Gasteiger charge is 1.95. The predicted octanol–water partition coefficient (Wildman–Crippen LogP) is 3.35. The molecule has 0 saturated carbocycles. The van der Waals surface area contributed by atoms with Crippen molar-refractivity contribution in [2.24, 2.45) is 5.92 Å². The SMILES string of the molecule is CCCCCCC(C)/C=C/C=O. The van der Waals surface area contributed by atoms with Crippen molar-refractivity contribution in [3.8, 4) is 0 Å². The normalized spacial score (nSPS) is 13.5. The van der Waals surface area contributed by atoms with Crippen LogP contribution in [0.1, 0.15) is 46.0 Å². The molecule has 1 nitrogen and oxygen atoms in total. The standard InChI is InChI=1S/C11H20O/c1-3-4-5-6-8-11(2)9-7-10-12/h7,9-11H,3-6,8H2,1-2H3/b9-7+. The quantitative estimate of drug-likeness (QED) is 0.324. The molecule has 0 aliphatic heterocycles. The molecule has 0 bridgehead atoms. The van der Waals surface area contributed by atoms with Crippen molar-refractivity contribution in [1.82, 2.24) is 0 Å². The van der Waals surface area contributed by atoms with Crippen LogP contribution in [0.3, 0.4) is 0 Å². The molecule has 0 N–H and O–H groups in total. The fraction of sp³-hybridized carbons (Fsp3) is 0.727. The Morgan fingerprint density at radius 2 is 2.00 bits per heavy atom. The Bertz CT molecular complexity index is 127. The second-order valence-electron chi connectivity index (χ2n) is 3.35. The minimum atomic E-state index is 0.562. The molecule has 12 heavy (non-hydrogen) atoms. The first kappa shape index (κ1) is 11.4. The molecule has 70 valence electrons. The Hall–Kier alpha value is -0.590. The van der Waals surface area contributed by atoms with E-state index < -0.39 is 0 Å². The van der Waals surface area contributed by atoms with Gasteiger partial charge in [0.05, 0.1) is 0 Å². The van der Waals surface area contributed by atoms with E-state index in [1.54, 1.807) is 6.08 Å². The highest BCUT2D eigenvalue weighted by molar-refractivity contribution is 5.64. The fourth-order valence-electron chi connectivity index (χ4n) is 1.22. The van der Waals surface area contributed by atoms with Crippen LogP contribution < -0.4 is 0 Å². The van der Waals surface area contributed by atoms with Gasteiger partial charge in [-0.25, -0.2) is 0 Å². The van der Waals surface area contributed by atoms with Gasteiger partial charge in [0.1, 0.15) is 6.29 Å². The van der Waals surface area contributed by atoms with E-state index in [0.717, 1.165) is 6.29 Å². The summed E-state index contributed by atoms with van der Waals surface area (Å²) < 4.78 is 0. The average Bonchev–Trinajstić information content (AvgIpc) is 2.09. The number of rotatable bonds is 7. The maximum atomic E-state index is 10.00. The third-order valence-corrected chi connectivity index (χ3v) is 2.03. The monoisotopic (exact) mass is 168 g/mol. The molecule has 0 spiro atoms. The first-order valence-corrected chi connectivity index (χ1v) is 4.93. The van der Waals surface area contributed by atoms with Crippen molar-refractivity contribution in [2.45, 2.75) is 46.0 Å². The number of hydrogen-bond acceptors (Lipinski definition) is 1. The molecular formula is C11H20O. The van der Waals surface area contributed by atoms with Crippen LogP contribution in [0.25, 0.3) is 0 Å². The highest BCUT2D eigenvalue weighted by atomic mass is 16.1. The molecular weight excluding hydrogens is 148 g/mol. The predicted molar refractivity (Wildman–Crippen MR) is 53.1 cm³/mol. The van der Waals surface area contributed by atoms with Gasteiger partial charge in [0.25, 0.3) is 0 Å². The Balaban J connectivity index is 3.24. The summed E-state index contributed by atoms with van der Waals surface area (Å²) in [5, 5.41) is 0. The summed E-state index contributed by atoms with van der Waals surface area (Å²) >= 11 is 0. The van der Waals surface area contributed by atoms with E-state index in [9.17, 15) is 4.79 Å². The van der Waals surface area contributed by atoms with E-state index in [-0.39, 0.29) is 0 Å². The zero-order valence-corrected chi connectivity index (χ0v) is 8.25. The molecule has 0 rings (SSSR count). The minimum absolute atomic E-state index is 0.562. The molecule has 0 aromatic carbocycles. The van der Waals surface area contributed by atoms with Crippen LogP contribution >= 0.6 is 0 Å². The molecule has 0 aromatic heterocycles. The second-order valence-corrected chi connectivity index (χ2v) is 3.35. The molecule has 1 unspecified atom stereocenters. The van der Waals surface area contributed by atoms with E-state index in [4.69, 9.17) is 0 Å². The van der Waals surface area contributed by atoms with E-state index in [1.165, 1.54) is 32.1 Å². The molecule has 0 aliphatic carbocycles. The maximum absolute atomic E-state index is 10.00. The van der Waals surface area contributed by atoms with E-state index >= 15 is 0 Å². The van der Waals surface area contributed by atoms with Crippen molar-refractivity contribution in [2.75, 3.05) is 0 Å². The number of carbonyl (C=O) groups excluding carboxylic acids is 1. The van der Waals surface area contributed by atoms with Gasteiger partial charge in [0, 0.05) is 0 Å². The van der Waals surface area contributed by atoms with Crippen LogP contribution in [-0.4, -0.2) is 6.29 Å². The molecule has 0 radical (unpaired) electrons. The zero-order valence-electron chi connectivity index (χ0n) is 8.25. The van der Waals surface area contributed by atoms with Crippen LogP contribution in [0.15, 0.2) is 12.2 Å². The molecule has 1 heteroatoms. The van der Waals surface area contributed by atoms with Gasteiger partial charge in [0.15, 0.2) is 0 Å². The summed E-state index contributed by atoms with van der Waals surface area (Å²) in [7, 11) is 0. The van der Waals surface area contributed by atoms with Crippen molar-refractivity contribution < 1.29 is 4.79 Å². The number of unbranched alkanes of at least 4 members (excludes halogenated alkanes) is 3. The van der Waals surface area contributed by atoms with Gasteiger partial charge in [-0.15, -0.1) is 0 Å². The van der Waals surface area contributed by atoms with Gasteiger partial charge in [-0.3, -0.25) is 4.79 Å². The third-order valence-electron chi connectivity index (χ3n) is 2.03. The van der Waals surface area contributed by atoms with Crippen molar-refractivity contribution >= 4 is 6.29 Å². The molecule has 0 aliphatic rings. The molecule has 0 amide bonds. The molecule has 0 saturated heterocycles. The Labute approximate surface area is 75.9 Å². The van der Waals surface area contributed by atoms with Crippen molar-refractivity contribution in [3.63, 3.8) is 0 Å². The van der Waals surface area contributed by atoms with Gasteiger partial charge in [-0.05, 0) is 18.4 Å². The summed E-state index contributed by atoms with van der Waals surface area (Å²) in [4.78, 5) is 10.00. The van der Waals surface area contributed by atoms with E-state index in [2.05, 4.69) is 13.8 Å². The lowest BCUT2D eigenvalue weighted by atomic mass is 10.0. The largest absolute Gasteiger partial charge is 0.299 e. The van der Waals surface area contributed by atoms with E-state index in [0.29, 0.717) is 5.92 Å². The maximum Gasteiger partial charge on any atom is 0.142 e. The summed E-state index contributed by atoms with van der Waals surface area (Å²) in [6.07, 6.45) is 10.9. The number of aldehydes is 1. The first-order valence-electron chi connectivity index (χ1n) is 4.93. The number of hydrogen-bond donors (Lipinski definition) is 0. The lowest BCUT2D eigenvalue weighted by Crippen LogP contribution is -1.89. The van der Waals surface area contributed by atoms with Gasteiger partial charge >= 0.3 is 0 Å². The molecule has 0 fully saturated rings. The lowest BCUT2D eigenvalue weighted by Gasteiger charge is -2.03. The smallest absolute Gasteiger partial charge is 0.142 e. The van der Waals surface area contributed by atoms with Gasteiger partial charge < -0.3 is 0 Å². The number of allylic oxidation sites excluding steroid dienone is 2. The summed E-state index contributed by atoms with van der Waals surface area (Å²) in [5.41, 5.74) is 0. The Morgan fingerprint density at radius 3 is 2.58 bits per heavy atom. The van der Waals surface area contributed by atoms with Crippen LogP contribution in [0.2, 0.25) is 0 Å². The van der Waals surface area contributed by atoms with E-state index in [1.807, 2.05) is 6.08 Å². The average molecular weight is 168 g/mol. The Morgan fingerprint density at radius 1 is 1.25 bits per heavy atom. The Kier molecular flexibility index (Phi) is 8.09.